The zero-order valence-electron chi connectivity index (χ0n) is 13.1. The van der Waals surface area contributed by atoms with Gasteiger partial charge < -0.3 is 9.80 Å². The molecule has 0 N–H and O–H groups in total. The fourth-order valence-electron chi connectivity index (χ4n) is 2.60. The number of allylic oxidation sites excluding steroid dienone is 1. The third-order valence-electron chi connectivity index (χ3n) is 4.22. The van der Waals surface area contributed by atoms with Crippen LogP contribution in [0.4, 0.5) is 0 Å². The first kappa shape index (κ1) is 15.6. The van der Waals surface area contributed by atoms with Crippen LogP contribution in [-0.4, -0.2) is 42.5 Å². The van der Waals surface area contributed by atoms with Crippen molar-refractivity contribution in [2.24, 2.45) is 11.8 Å². The van der Waals surface area contributed by atoms with Crippen LogP contribution in [0.15, 0.2) is 12.3 Å². The summed E-state index contributed by atoms with van der Waals surface area (Å²) in [6, 6.07) is 0.778. The fourth-order valence-corrected chi connectivity index (χ4v) is 2.60. The van der Waals surface area contributed by atoms with E-state index in [0.717, 1.165) is 12.0 Å². The summed E-state index contributed by atoms with van der Waals surface area (Å²) >= 11 is 0. The van der Waals surface area contributed by atoms with Gasteiger partial charge in [0.25, 0.3) is 0 Å². The molecule has 0 amide bonds. The minimum atomic E-state index is 0.584. The fraction of sp³-hybridized carbons (Fsp3) is 0.875. The largest absolute Gasteiger partial charge is 0.375 e. The van der Waals surface area contributed by atoms with Crippen LogP contribution in [0, 0.1) is 11.8 Å². The minimum Gasteiger partial charge on any atom is -0.375 e. The standard InChI is InChI=1S/C16H32N2/c1-13(2)7-10-17(6)16-8-11-18(12-9-16)15(5)14(3)4/h13-14,16H,5,7-12H2,1-4,6H3. The van der Waals surface area contributed by atoms with Gasteiger partial charge in [0.2, 0.25) is 0 Å². The molecule has 18 heavy (non-hydrogen) atoms. The quantitative estimate of drug-likeness (QED) is 0.712. The van der Waals surface area contributed by atoms with Crippen LogP contribution in [0.1, 0.15) is 47.0 Å². The first-order valence-corrected chi connectivity index (χ1v) is 7.55. The van der Waals surface area contributed by atoms with Gasteiger partial charge in [-0.3, -0.25) is 0 Å². The van der Waals surface area contributed by atoms with Gasteiger partial charge in [-0.15, -0.1) is 0 Å². The lowest BCUT2D eigenvalue weighted by Crippen LogP contribution is -2.43. The summed E-state index contributed by atoms with van der Waals surface area (Å²) in [5.74, 6) is 1.40. The van der Waals surface area contributed by atoms with E-state index in [9.17, 15) is 0 Å². The maximum Gasteiger partial charge on any atom is 0.0189 e. The first-order chi connectivity index (χ1) is 8.41. The van der Waals surface area contributed by atoms with E-state index < -0.39 is 0 Å². The van der Waals surface area contributed by atoms with Crippen molar-refractivity contribution in [2.75, 3.05) is 26.7 Å². The molecule has 0 bridgehead atoms. The molecule has 0 aromatic rings. The smallest absolute Gasteiger partial charge is 0.0189 e. The normalized spacial score (nSPS) is 18.1. The van der Waals surface area contributed by atoms with Gasteiger partial charge in [-0.2, -0.15) is 0 Å². The maximum absolute atomic E-state index is 4.22. The summed E-state index contributed by atoms with van der Waals surface area (Å²) < 4.78 is 0. The molecule has 0 saturated carbocycles. The first-order valence-electron chi connectivity index (χ1n) is 7.55. The van der Waals surface area contributed by atoms with Gasteiger partial charge in [0, 0.05) is 24.8 Å². The Morgan fingerprint density at radius 3 is 2.22 bits per heavy atom. The van der Waals surface area contributed by atoms with Gasteiger partial charge in [0.1, 0.15) is 0 Å². The van der Waals surface area contributed by atoms with Crippen molar-refractivity contribution in [3.05, 3.63) is 12.3 Å². The van der Waals surface area contributed by atoms with E-state index in [1.807, 2.05) is 0 Å². The molecule has 1 saturated heterocycles. The van der Waals surface area contributed by atoms with Crippen molar-refractivity contribution >= 4 is 0 Å². The van der Waals surface area contributed by atoms with Crippen molar-refractivity contribution in [1.82, 2.24) is 9.80 Å². The molecule has 1 aliphatic heterocycles. The van der Waals surface area contributed by atoms with Gasteiger partial charge in [-0.25, -0.2) is 0 Å². The Kier molecular flexibility index (Phi) is 6.20. The van der Waals surface area contributed by atoms with Gasteiger partial charge in [0.05, 0.1) is 0 Å². The van der Waals surface area contributed by atoms with Crippen LogP contribution in [0.2, 0.25) is 0 Å². The van der Waals surface area contributed by atoms with Crippen LogP contribution >= 0.6 is 0 Å². The lowest BCUT2D eigenvalue weighted by molar-refractivity contribution is 0.138. The van der Waals surface area contributed by atoms with Crippen LogP contribution < -0.4 is 0 Å². The number of piperidine rings is 1. The molecule has 2 heteroatoms. The molecule has 1 fully saturated rings. The van der Waals surface area contributed by atoms with E-state index >= 15 is 0 Å². The van der Waals surface area contributed by atoms with Gasteiger partial charge in [-0.1, -0.05) is 34.3 Å². The molecular formula is C16H32N2. The Labute approximate surface area is 114 Å². The Hall–Kier alpha value is -0.500. The number of nitrogens with zero attached hydrogens (tertiary/aromatic N) is 2. The summed E-state index contributed by atoms with van der Waals surface area (Å²) in [5.41, 5.74) is 1.32. The average Bonchev–Trinajstić information content (AvgIpc) is 2.35. The highest BCUT2D eigenvalue weighted by atomic mass is 15.2. The summed E-state index contributed by atoms with van der Waals surface area (Å²) in [6.45, 7) is 16.9. The molecule has 106 valence electrons. The Bertz CT molecular complexity index is 250. The Balaban J connectivity index is 2.32. The highest BCUT2D eigenvalue weighted by Crippen LogP contribution is 2.22. The molecular weight excluding hydrogens is 220 g/mol. The molecule has 1 heterocycles. The highest BCUT2D eigenvalue weighted by Gasteiger charge is 2.23. The van der Waals surface area contributed by atoms with Crippen molar-refractivity contribution < 1.29 is 0 Å². The molecule has 0 unspecified atom stereocenters. The lowest BCUT2D eigenvalue weighted by Gasteiger charge is -2.39. The zero-order chi connectivity index (χ0) is 13.7. The third kappa shape index (κ3) is 4.64. The van der Waals surface area contributed by atoms with Gasteiger partial charge >= 0.3 is 0 Å². The molecule has 0 radical (unpaired) electrons. The second kappa shape index (κ2) is 7.18. The Morgan fingerprint density at radius 1 is 1.22 bits per heavy atom. The zero-order valence-corrected chi connectivity index (χ0v) is 13.1. The monoisotopic (exact) mass is 252 g/mol. The molecule has 2 nitrogen and oxygen atoms in total. The molecule has 0 aromatic carbocycles. The second-order valence-corrected chi connectivity index (χ2v) is 6.53. The molecule has 0 aliphatic carbocycles. The predicted octanol–water partition coefficient (Wildman–Crippen LogP) is 3.60. The van der Waals surface area contributed by atoms with E-state index in [-0.39, 0.29) is 0 Å². The highest BCUT2D eigenvalue weighted by molar-refractivity contribution is 4.99. The molecule has 0 aromatic heterocycles. The summed E-state index contributed by atoms with van der Waals surface area (Å²) in [5, 5.41) is 0. The third-order valence-corrected chi connectivity index (χ3v) is 4.22. The number of hydrogen-bond acceptors (Lipinski definition) is 2. The Morgan fingerprint density at radius 2 is 1.78 bits per heavy atom. The summed E-state index contributed by atoms with van der Waals surface area (Å²) in [7, 11) is 2.29. The minimum absolute atomic E-state index is 0.584. The van der Waals surface area contributed by atoms with E-state index in [4.69, 9.17) is 0 Å². The van der Waals surface area contributed by atoms with Crippen LogP contribution in [-0.2, 0) is 0 Å². The topological polar surface area (TPSA) is 6.48 Å². The SMILES string of the molecule is C=C(C(C)C)N1CCC(N(C)CCC(C)C)CC1. The number of hydrogen-bond donors (Lipinski definition) is 0. The summed E-state index contributed by atoms with van der Waals surface area (Å²) in [4.78, 5) is 5.05. The molecule has 0 spiro atoms. The predicted molar refractivity (Wildman–Crippen MR) is 80.7 cm³/mol. The van der Waals surface area contributed by atoms with Crippen molar-refractivity contribution in [2.45, 2.75) is 53.0 Å². The van der Waals surface area contributed by atoms with Gasteiger partial charge in [-0.05, 0) is 44.7 Å². The van der Waals surface area contributed by atoms with Crippen molar-refractivity contribution in [3.63, 3.8) is 0 Å². The molecule has 0 atom stereocenters. The van der Waals surface area contributed by atoms with Crippen LogP contribution in [0.5, 0.6) is 0 Å². The van der Waals surface area contributed by atoms with E-state index in [1.165, 1.54) is 44.6 Å². The number of rotatable bonds is 6. The van der Waals surface area contributed by atoms with Crippen LogP contribution in [0.25, 0.3) is 0 Å². The van der Waals surface area contributed by atoms with E-state index in [2.05, 4.69) is 51.1 Å². The number of likely N-dealkylation sites (tertiary alicyclic amines) is 1. The summed E-state index contributed by atoms with van der Waals surface area (Å²) in [6.07, 6.45) is 3.90. The van der Waals surface area contributed by atoms with Crippen molar-refractivity contribution in [1.29, 1.82) is 0 Å². The molecule has 1 aliphatic rings. The van der Waals surface area contributed by atoms with Crippen molar-refractivity contribution in [3.8, 4) is 0 Å². The maximum atomic E-state index is 4.22. The van der Waals surface area contributed by atoms with E-state index in [0.29, 0.717) is 5.92 Å². The second-order valence-electron chi connectivity index (χ2n) is 6.53. The van der Waals surface area contributed by atoms with Gasteiger partial charge in [0.15, 0.2) is 0 Å². The van der Waals surface area contributed by atoms with E-state index in [1.54, 1.807) is 0 Å². The average molecular weight is 252 g/mol. The van der Waals surface area contributed by atoms with Crippen LogP contribution in [0.3, 0.4) is 0 Å². The molecule has 1 rings (SSSR count). The lowest BCUT2D eigenvalue weighted by atomic mass is 10.00.